The molecular formula is C9H12BrO2P. The highest BCUT2D eigenvalue weighted by Crippen LogP contribution is 2.43. The van der Waals surface area contributed by atoms with E-state index in [1.807, 2.05) is 31.2 Å². The van der Waals surface area contributed by atoms with Gasteiger partial charge in [-0.05, 0) is 35.0 Å². The molecule has 0 saturated carbocycles. The van der Waals surface area contributed by atoms with Gasteiger partial charge in [-0.25, -0.2) is 0 Å². The smallest absolute Gasteiger partial charge is 0.230 e. The molecule has 1 atom stereocenters. The lowest BCUT2D eigenvalue weighted by Crippen LogP contribution is -2.07. The fourth-order valence-electron chi connectivity index (χ4n) is 1.10. The lowest BCUT2D eigenvalue weighted by Gasteiger charge is -2.13. The third-order valence-corrected chi connectivity index (χ3v) is 4.68. The van der Waals surface area contributed by atoms with Gasteiger partial charge < -0.3 is 4.52 Å². The highest BCUT2D eigenvalue weighted by Gasteiger charge is 2.20. The summed E-state index contributed by atoms with van der Waals surface area (Å²) in [5.41, 5.74) is 0. The number of hydrogen-bond donors (Lipinski definition) is 0. The van der Waals surface area contributed by atoms with E-state index in [2.05, 4.69) is 15.9 Å². The van der Waals surface area contributed by atoms with Crippen LogP contribution in [0, 0.1) is 0 Å². The molecule has 0 N–H and O–H groups in total. The van der Waals surface area contributed by atoms with Crippen molar-refractivity contribution in [2.24, 2.45) is 0 Å². The Hall–Kier alpha value is -0.110. The van der Waals surface area contributed by atoms with Crippen LogP contribution in [0.1, 0.15) is 6.92 Å². The van der Waals surface area contributed by atoms with Gasteiger partial charge in [0.25, 0.3) is 0 Å². The fraction of sp³-hybridized carbons (Fsp3) is 0.333. The van der Waals surface area contributed by atoms with Crippen molar-refractivity contribution in [1.82, 2.24) is 0 Å². The average Bonchev–Trinajstić information content (AvgIpc) is 2.04. The van der Waals surface area contributed by atoms with E-state index < -0.39 is 7.37 Å². The number of halogens is 1. The van der Waals surface area contributed by atoms with E-state index in [1.54, 1.807) is 6.66 Å². The Labute approximate surface area is 86.9 Å². The molecule has 4 heteroatoms. The minimum Gasteiger partial charge on any atom is -0.326 e. The minimum atomic E-state index is -2.63. The third kappa shape index (κ3) is 2.67. The van der Waals surface area contributed by atoms with Gasteiger partial charge in [0.1, 0.15) is 0 Å². The molecule has 0 aliphatic rings. The van der Waals surface area contributed by atoms with Gasteiger partial charge in [-0.2, -0.15) is 0 Å². The number of hydrogen-bond acceptors (Lipinski definition) is 2. The first-order valence-corrected chi connectivity index (χ1v) is 6.91. The van der Waals surface area contributed by atoms with Crippen molar-refractivity contribution in [2.45, 2.75) is 6.92 Å². The van der Waals surface area contributed by atoms with Gasteiger partial charge in [0.15, 0.2) is 0 Å². The maximum atomic E-state index is 12.0. The Bertz CT molecular complexity index is 338. The first-order chi connectivity index (χ1) is 6.08. The van der Waals surface area contributed by atoms with Crippen molar-refractivity contribution in [3.8, 4) is 0 Å². The molecule has 2 nitrogen and oxygen atoms in total. The standard InChI is InChI=1S/C9H12BrO2P/c1-3-12-13(2,11)9-7-5-4-6-8(9)10/h4-7H,3H2,1-2H3. The van der Waals surface area contributed by atoms with Gasteiger partial charge >= 0.3 is 0 Å². The molecule has 0 heterocycles. The average molecular weight is 263 g/mol. The predicted octanol–water partition coefficient (Wildman–Crippen LogP) is 3.02. The normalized spacial score (nSPS) is 15.3. The van der Waals surface area contributed by atoms with E-state index in [-0.39, 0.29) is 0 Å². The largest absolute Gasteiger partial charge is 0.326 e. The van der Waals surface area contributed by atoms with Gasteiger partial charge in [-0.1, -0.05) is 12.1 Å². The lowest BCUT2D eigenvalue weighted by molar-refractivity contribution is 0.344. The Morgan fingerprint density at radius 2 is 2.08 bits per heavy atom. The molecule has 0 aliphatic heterocycles. The van der Waals surface area contributed by atoms with Crippen LogP contribution in [0.4, 0.5) is 0 Å². The van der Waals surface area contributed by atoms with Gasteiger partial charge in [-0.3, -0.25) is 4.57 Å². The number of rotatable bonds is 3. The lowest BCUT2D eigenvalue weighted by atomic mass is 10.4. The summed E-state index contributed by atoms with van der Waals surface area (Å²) in [6.45, 7) is 3.94. The van der Waals surface area contributed by atoms with Crippen LogP contribution in [0.2, 0.25) is 0 Å². The molecule has 0 radical (unpaired) electrons. The van der Waals surface area contributed by atoms with E-state index >= 15 is 0 Å². The molecule has 1 unspecified atom stereocenters. The SMILES string of the molecule is CCOP(C)(=O)c1ccccc1Br. The van der Waals surface area contributed by atoms with E-state index in [9.17, 15) is 4.57 Å². The predicted molar refractivity (Wildman–Crippen MR) is 58.9 cm³/mol. The summed E-state index contributed by atoms with van der Waals surface area (Å²) in [6, 6.07) is 7.43. The molecule has 13 heavy (non-hydrogen) atoms. The topological polar surface area (TPSA) is 26.3 Å². The molecule has 1 aromatic carbocycles. The zero-order chi connectivity index (χ0) is 9.90. The summed E-state index contributed by atoms with van der Waals surface area (Å²) in [6.07, 6.45) is 0. The molecule has 0 bridgehead atoms. The quantitative estimate of drug-likeness (QED) is 0.783. The zero-order valence-corrected chi connectivity index (χ0v) is 10.1. The van der Waals surface area contributed by atoms with E-state index in [0.717, 1.165) is 9.78 Å². The maximum absolute atomic E-state index is 12.0. The minimum absolute atomic E-state index is 0.467. The summed E-state index contributed by atoms with van der Waals surface area (Å²) in [4.78, 5) is 0. The second kappa shape index (κ2) is 4.41. The van der Waals surface area contributed by atoms with Crippen LogP contribution in [0.15, 0.2) is 28.7 Å². The second-order valence-corrected chi connectivity index (χ2v) is 6.00. The molecule has 1 aromatic rings. The van der Waals surface area contributed by atoms with Crippen molar-refractivity contribution in [3.63, 3.8) is 0 Å². The van der Waals surface area contributed by atoms with Gasteiger partial charge in [0.2, 0.25) is 7.37 Å². The van der Waals surface area contributed by atoms with E-state index in [0.29, 0.717) is 6.61 Å². The maximum Gasteiger partial charge on any atom is 0.230 e. The van der Waals surface area contributed by atoms with Crippen LogP contribution in [0.3, 0.4) is 0 Å². The monoisotopic (exact) mass is 262 g/mol. The first kappa shape index (κ1) is 11.0. The van der Waals surface area contributed by atoms with Gasteiger partial charge in [0.05, 0.1) is 11.9 Å². The molecule has 0 saturated heterocycles. The van der Waals surface area contributed by atoms with Crippen molar-refractivity contribution in [3.05, 3.63) is 28.7 Å². The van der Waals surface area contributed by atoms with Gasteiger partial charge in [-0.15, -0.1) is 0 Å². The molecule has 0 amide bonds. The molecule has 1 rings (SSSR count). The summed E-state index contributed by atoms with van der Waals surface area (Å²) in [5.74, 6) is 0. The van der Waals surface area contributed by atoms with Crippen molar-refractivity contribution in [1.29, 1.82) is 0 Å². The highest BCUT2D eigenvalue weighted by atomic mass is 79.9. The van der Waals surface area contributed by atoms with E-state index in [1.165, 1.54) is 0 Å². The molecular weight excluding hydrogens is 251 g/mol. The van der Waals surface area contributed by atoms with Crippen LogP contribution in [0.5, 0.6) is 0 Å². The van der Waals surface area contributed by atoms with Crippen molar-refractivity contribution >= 4 is 28.6 Å². The van der Waals surface area contributed by atoms with Crippen molar-refractivity contribution < 1.29 is 9.09 Å². The van der Waals surface area contributed by atoms with Crippen LogP contribution in [-0.4, -0.2) is 13.3 Å². The fourth-order valence-corrected chi connectivity index (χ4v) is 3.80. The van der Waals surface area contributed by atoms with Crippen molar-refractivity contribution in [2.75, 3.05) is 13.3 Å². The van der Waals surface area contributed by atoms with Crippen LogP contribution in [0.25, 0.3) is 0 Å². The van der Waals surface area contributed by atoms with Crippen LogP contribution >= 0.6 is 23.3 Å². The third-order valence-electron chi connectivity index (χ3n) is 1.67. The Kier molecular flexibility index (Phi) is 3.72. The van der Waals surface area contributed by atoms with Gasteiger partial charge in [0, 0.05) is 11.1 Å². The van der Waals surface area contributed by atoms with Crippen LogP contribution < -0.4 is 5.30 Å². The highest BCUT2D eigenvalue weighted by molar-refractivity contribution is 9.10. The molecule has 72 valence electrons. The molecule has 0 spiro atoms. The summed E-state index contributed by atoms with van der Waals surface area (Å²) >= 11 is 3.35. The zero-order valence-electron chi connectivity index (χ0n) is 7.66. The summed E-state index contributed by atoms with van der Waals surface area (Å²) in [5, 5.41) is 0.747. The van der Waals surface area contributed by atoms with Crippen LogP contribution in [-0.2, 0) is 9.09 Å². The Morgan fingerprint density at radius 1 is 1.46 bits per heavy atom. The number of benzene rings is 1. The Balaban J connectivity index is 3.07. The molecule has 0 aliphatic carbocycles. The summed E-state index contributed by atoms with van der Waals surface area (Å²) < 4.78 is 18.0. The molecule has 0 aromatic heterocycles. The first-order valence-electron chi connectivity index (χ1n) is 4.05. The second-order valence-electron chi connectivity index (χ2n) is 2.72. The van der Waals surface area contributed by atoms with E-state index in [4.69, 9.17) is 4.52 Å². The molecule has 0 fully saturated rings. The Morgan fingerprint density at radius 3 is 2.62 bits per heavy atom. The summed E-state index contributed by atoms with van der Waals surface area (Å²) in [7, 11) is -2.63.